The molecule has 24 heavy (non-hydrogen) atoms. The first-order valence-corrected chi connectivity index (χ1v) is 8.28. The molecule has 2 aromatic heterocycles. The maximum absolute atomic E-state index is 12.5. The van der Waals surface area contributed by atoms with Crippen molar-refractivity contribution in [2.75, 3.05) is 13.1 Å². The van der Waals surface area contributed by atoms with Gasteiger partial charge in [0.1, 0.15) is 17.1 Å². The van der Waals surface area contributed by atoms with E-state index in [-0.39, 0.29) is 5.91 Å². The molecule has 0 bridgehead atoms. The second-order valence-electron chi connectivity index (χ2n) is 6.50. The summed E-state index contributed by atoms with van der Waals surface area (Å²) in [5, 5.41) is 3.69. The third-order valence-electron chi connectivity index (χ3n) is 4.81. The number of nitrogens with one attached hydrogen (secondary N) is 1. The Morgan fingerprint density at radius 3 is 2.79 bits per heavy atom. The molecule has 6 nitrogen and oxygen atoms in total. The summed E-state index contributed by atoms with van der Waals surface area (Å²) in [7, 11) is 0. The van der Waals surface area contributed by atoms with Crippen LogP contribution in [0.3, 0.4) is 0 Å². The maximum atomic E-state index is 12.5. The van der Waals surface area contributed by atoms with E-state index >= 15 is 0 Å². The predicted octanol–water partition coefficient (Wildman–Crippen LogP) is 3.19. The van der Waals surface area contributed by atoms with Crippen LogP contribution in [-0.2, 0) is 0 Å². The lowest BCUT2D eigenvalue weighted by atomic mass is 9.95. The normalized spacial score (nSPS) is 16.0. The van der Waals surface area contributed by atoms with Gasteiger partial charge >= 0.3 is 0 Å². The maximum Gasteiger partial charge on any atom is 0.259 e. The zero-order valence-electron chi connectivity index (χ0n) is 13.9. The van der Waals surface area contributed by atoms with Gasteiger partial charge in [0.2, 0.25) is 0 Å². The fourth-order valence-electron chi connectivity index (χ4n) is 3.37. The van der Waals surface area contributed by atoms with E-state index in [1.807, 2.05) is 4.90 Å². The van der Waals surface area contributed by atoms with Crippen molar-refractivity contribution in [1.82, 2.24) is 20.0 Å². The fraction of sp³-hybridized carbons (Fsp3) is 0.389. The summed E-state index contributed by atoms with van der Waals surface area (Å²) in [6, 6.07) is 6.26. The lowest BCUT2D eigenvalue weighted by Gasteiger charge is -2.30. The first-order chi connectivity index (χ1) is 11.6. The van der Waals surface area contributed by atoms with Crippen molar-refractivity contribution < 1.29 is 9.32 Å². The van der Waals surface area contributed by atoms with Gasteiger partial charge < -0.3 is 14.4 Å². The first kappa shape index (κ1) is 14.9. The number of H-pyrrole nitrogens is 1. The lowest BCUT2D eigenvalue weighted by Crippen LogP contribution is -2.38. The van der Waals surface area contributed by atoms with Crippen LogP contribution in [-0.4, -0.2) is 39.0 Å². The highest BCUT2D eigenvalue weighted by Gasteiger charge is 2.27. The molecule has 0 aliphatic carbocycles. The van der Waals surface area contributed by atoms with Crippen molar-refractivity contribution in [1.29, 1.82) is 0 Å². The number of rotatable bonds is 2. The van der Waals surface area contributed by atoms with E-state index in [1.165, 1.54) is 11.8 Å². The third-order valence-corrected chi connectivity index (χ3v) is 4.81. The van der Waals surface area contributed by atoms with Gasteiger partial charge in [-0.05, 0) is 44.4 Å². The number of amides is 1. The van der Waals surface area contributed by atoms with Crippen LogP contribution in [0.1, 0.15) is 46.3 Å². The van der Waals surface area contributed by atoms with Crippen molar-refractivity contribution in [2.45, 2.75) is 32.6 Å². The number of hydrogen-bond acceptors (Lipinski definition) is 4. The predicted molar refractivity (Wildman–Crippen MR) is 89.9 cm³/mol. The minimum Gasteiger partial charge on any atom is -0.361 e. The average molecular weight is 324 g/mol. The van der Waals surface area contributed by atoms with Gasteiger partial charge in [-0.15, -0.1) is 0 Å². The minimum atomic E-state index is 0.00688. The van der Waals surface area contributed by atoms with E-state index < -0.39 is 0 Å². The van der Waals surface area contributed by atoms with Crippen molar-refractivity contribution in [3.63, 3.8) is 0 Å². The van der Waals surface area contributed by atoms with Gasteiger partial charge in [0, 0.05) is 19.0 Å². The molecule has 3 aromatic rings. The van der Waals surface area contributed by atoms with Crippen molar-refractivity contribution in [2.24, 2.45) is 0 Å². The van der Waals surface area contributed by atoms with Gasteiger partial charge in [-0.25, -0.2) is 4.98 Å². The van der Waals surface area contributed by atoms with Crippen LogP contribution in [0.2, 0.25) is 0 Å². The molecular formula is C18H20N4O2. The van der Waals surface area contributed by atoms with Gasteiger partial charge in [0.15, 0.2) is 0 Å². The summed E-state index contributed by atoms with van der Waals surface area (Å²) >= 11 is 0. The molecule has 1 saturated heterocycles. The number of imidazole rings is 1. The molecule has 1 amide bonds. The van der Waals surface area contributed by atoms with Crippen molar-refractivity contribution >= 4 is 16.9 Å². The molecular weight excluding hydrogens is 304 g/mol. The fourth-order valence-corrected chi connectivity index (χ4v) is 3.37. The molecule has 6 heteroatoms. The number of likely N-dealkylation sites (tertiary alicyclic amines) is 1. The van der Waals surface area contributed by atoms with E-state index in [0.29, 0.717) is 17.2 Å². The number of aromatic nitrogens is 3. The van der Waals surface area contributed by atoms with E-state index in [4.69, 9.17) is 9.51 Å². The van der Waals surface area contributed by atoms with Crippen molar-refractivity contribution in [3.05, 3.63) is 47.1 Å². The molecule has 0 spiro atoms. The van der Waals surface area contributed by atoms with E-state index in [1.54, 1.807) is 6.92 Å². The molecule has 1 N–H and O–H groups in total. The lowest BCUT2D eigenvalue weighted by molar-refractivity contribution is 0.0709. The van der Waals surface area contributed by atoms with Crippen LogP contribution < -0.4 is 0 Å². The molecule has 124 valence electrons. The number of aryl methyl sites for hydroxylation is 2. The zero-order valence-corrected chi connectivity index (χ0v) is 13.9. The summed E-state index contributed by atoms with van der Waals surface area (Å²) in [5.74, 6) is 1.98. The van der Waals surface area contributed by atoms with Crippen molar-refractivity contribution in [3.8, 4) is 0 Å². The highest BCUT2D eigenvalue weighted by Crippen LogP contribution is 2.28. The molecule has 0 atom stereocenters. The number of fused-ring (bicyclic) bond motifs is 1. The van der Waals surface area contributed by atoms with E-state index in [9.17, 15) is 4.79 Å². The second kappa shape index (κ2) is 5.78. The molecule has 1 aliphatic heterocycles. The van der Waals surface area contributed by atoms with Gasteiger partial charge in [0.05, 0.1) is 17.2 Å². The standard InChI is InChI=1S/C18H20N4O2/c1-11-3-4-15-16(9-11)21-17(20-15)13-5-7-22(8-6-13)18(23)14-10-19-24-12(14)2/h3-4,9-10,13H,5-8H2,1-2H3,(H,20,21). The van der Waals surface area contributed by atoms with Gasteiger partial charge in [-0.3, -0.25) is 4.79 Å². The Hall–Kier alpha value is -2.63. The molecule has 0 saturated carbocycles. The quantitative estimate of drug-likeness (QED) is 0.785. The van der Waals surface area contributed by atoms with Crippen LogP contribution in [0.15, 0.2) is 28.9 Å². The Labute approximate surface area is 139 Å². The monoisotopic (exact) mass is 324 g/mol. The second-order valence-corrected chi connectivity index (χ2v) is 6.50. The molecule has 3 heterocycles. The summed E-state index contributed by atoms with van der Waals surface area (Å²) in [5.41, 5.74) is 3.88. The largest absolute Gasteiger partial charge is 0.361 e. The summed E-state index contributed by atoms with van der Waals surface area (Å²) < 4.78 is 5.00. The molecule has 4 rings (SSSR count). The molecule has 0 unspecified atom stereocenters. The van der Waals surface area contributed by atoms with Crippen LogP contribution >= 0.6 is 0 Å². The van der Waals surface area contributed by atoms with Crippen LogP contribution in [0, 0.1) is 13.8 Å². The average Bonchev–Trinajstić information content (AvgIpc) is 3.20. The Morgan fingerprint density at radius 1 is 1.29 bits per heavy atom. The highest BCUT2D eigenvalue weighted by molar-refractivity contribution is 5.94. The number of aromatic amines is 1. The topological polar surface area (TPSA) is 75.0 Å². The number of nitrogens with zero attached hydrogens (tertiary/aromatic N) is 3. The van der Waals surface area contributed by atoms with Crippen LogP contribution in [0.4, 0.5) is 0 Å². The third kappa shape index (κ3) is 2.58. The Bertz CT molecular complexity index is 887. The minimum absolute atomic E-state index is 0.00688. The Balaban J connectivity index is 1.47. The molecule has 1 aromatic carbocycles. The van der Waals surface area contributed by atoms with Crippen LogP contribution in [0.25, 0.3) is 11.0 Å². The number of benzene rings is 1. The zero-order chi connectivity index (χ0) is 16.7. The van der Waals surface area contributed by atoms with Crippen LogP contribution in [0.5, 0.6) is 0 Å². The SMILES string of the molecule is Cc1ccc2nc(C3CCN(C(=O)c4cnoc4C)CC3)[nH]c2c1. The first-order valence-electron chi connectivity index (χ1n) is 8.28. The number of hydrogen-bond donors (Lipinski definition) is 1. The van der Waals surface area contributed by atoms with Gasteiger partial charge in [-0.2, -0.15) is 0 Å². The highest BCUT2D eigenvalue weighted by atomic mass is 16.5. The Morgan fingerprint density at radius 2 is 2.08 bits per heavy atom. The van der Waals surface area contributed by atoms with E-state index in [2.05, 4.69) is 35.3 Å². The summed E-state index contributed by atoms with van der Waals surface area (Å²) in [6.45, 7) is 5.30. The number of carbonyl (C=O) groups excluding carboxylic acids is 1. The van der Waals surface area contributed by atoms with Gasteiger partial charge in [0.25, 0.3) is 5.91 Å². The smallest absolute Gasteiger partial charge is 0.259 e. The Kier molecular flexibility index (Phi) is 3.59. The summed E-state index contributed by atoms with van der Waals surface area (Å²) in [4.78, 5) is 22.6. The number of piperidine rings is 1. The molecule has 1 fully saturated rings. The number of carbonyl (C=O) groups is 1. The molecule has 0 radical (unpaired) electrons. The van der Waals surface area contributed by atoms with Gasteiger partial charge in [-0.1, -0.05) is 11.2 Å². The molecule has 1 aliphatic rings. The summed E-state index contributed by atoms with van der Waals surface area (Å²) in [6.07, 6.45) is 3.33. The van der Waals surface area contributed by atoms with E-state index in [0.717, 1.165) is 42.8 Å².